The first-order valence-electron chi connectivity index (χ1n) is 7.31. The van der Waals surface area contributed by atoms with Gasteiger partial charge in [0.05, 0.1) is 10.4 Å². The third-order valence-electron chi connectivity index (χ3n) is 3.94. The molecule has 1 aliphatic carbocycles. The first-order valence-corrected chi connectivity index (χ1v) is 9.01. The highest BCUT2D eigenvalue weighted by Gasteiger charge is 2.28. The summed E-state index contributed by atoms with van der Waals surface area (Å²) in [5.41, 5.74) is 1.77. The fourth-order valence-electron chi connectivity index (χ4n) is 2.78. The van der Waals surface area contributed by atoms with E-state index in [-0.39, 0.29) is 11.8 Å². The number of thiophene rings is 2. The average Bonchev–Trinajstić information content (AvgIpc) is 3.13. The molecule has 0 fully saturated rings. The number of fused-ring (bicyclic) bond motifs is 1. The minimum absolute atomic E-state index is 0.117. The van der Waals surface area contributed by atoms with Crippen LogP contribution in [-0.4, -0.2) is 18.9 Å². The molecule has 0 saturated carbocycles. The number of amides is 2. The van der Waals surface area contributed by atoms with Gasteiger partial charge in [0.1, 0.15) is 5.00 Å². The Bertz CT molecular complexity index is 704. The van der Waals surface area contributed by atoms with Gasteiger partial charge in [-0.2, -0.15) is 0 Å². The lowest BCUT2D eigenvalue weighted by atomic mass is 9.88. The van der Waals surface area contributed by atoms with Gasteiger partial charge in [-0.05, 0) is 42.2 Å². The van der Waals surface area contributed by atoms with Crippen molar-refractivity contribution in [2.24, 2.45) is 5.92 Å². The first-order chi connectivity index (χ1) is 10.6. The molecule has 0 bridgehead atoms. The van der Waals surface area contributed by atoms with Crippen molar-refractivity contribution in [1.29, 1.82) is 0 Å². The molecule has 2 N–H and O–H groups in total. The van der Waals surface area contributed by atoms with Gasteiger partial charge < -0.3 is 10.6 Å². The van der Waals surface area contributed by atoms with Crippen LogP contribution in [0.5, 0.6) is 0 Å². The monoisotopic (exact) mass is 334 g/mol. The normalized spacial score (nSPS) is 16.9. The Morgan fingerprint density at radius 3 is 2.82 bits per heavy atom. The van der Waals surface area contributed by atoms with Crippen molar-refractivity contribution in [3.63, 3.8) is 0 Å². The molecule has 0 radical (unpaired) electrons. The second kappa shape index (κ2) is 6.22. The van der Waals surface area contributed by atoms with Crippen molar-refractivity contribution in [3.8, 4) is 0 Å². The highest BCUT2D eigenvalue weighted by molar-refractivity contribution is 7.17. The molecule has 0 aromatic carbocycles. The first kappa shape index (κ1) is 15.2. The van der Waals surface area contributed by atoms with Crippen molar-refractivity contribution in [3.05, 3.63) is 38.4 Å². The molecule has 4 nitrogen and oxygen atoms in total. The van der Waals surface area contributed by atoms with Gasteiger partial charge >= 0.3 is 0 Å². The summed E-state index contributed by atoms with van der Waals surface area (Å²) in [6.07, 6.45) is 2.98. The smallest absolute Gasteiger partial charge is 0.266 e. The molecular formula is C16H18N2O2S2. The van der Waals surface area contributed by atoms with Crippen molar-refractivity contribution in [2.45, 2.75) is 26.2 Å². The van der Waals surface area contributed by atoms with Crippen LogP contribution in [0, 0.1) is 5.92 Å². The zero-order chi connectivity index (χ0) is 15.7. The van der Waals surface area contributed by atoms with E-state index in [2.05, 4.69) is 17.6 Å². The maximum atomic E-state index is 12.3. The van der Waals surface area contributed by atoms with Crippen LogP contribution in [0.1, 0.15) is 43.8 Å². The second-order valence-electron chi connectivity index (χ2n) is 5.57. The number of rotatable bonds is 3. The Hall–Kier alpha value is -1.66. The van der Waals surface area contributed by atoms with Crippen LogP contribution in [0.4, 0.5) is 5.00 Å². The molecule has 0 saturated heterocycles. The predicted molar refractivity (Wildman–Crippen MR) is 91.2 cm³/mol. The number of carbonyl (C=O) groups is 2. The largest absolute Gasteiger partial charge is 0.355 e. The Kier molecular flexibility index (Phi) is 4.31. The van der Waals surface area contributed by atoms with Gasteiger partial charge in [-0.3, -0.25) is 9.59 Å². The third-order valence-corrected chi connectivity index (χ3v) is 5.98. The van der Waals surface area contributed by atoms with Gasteiger partial charge in [0.25, 0.3) is 11.8 Å². The van der Waals surface area contributed by atoms with Gasteiger partial charge in [-0.15, -0.1) is 22.7 Å². The van der Waals surface area contributed by atoms with Crippen LogP contribution in [0.15, 0.2) is 17.5 Å². The van der Waals surface area contributed by atoms with E-state index in [1.807, 2.05) is 11.4 Å². The van der Waals surface area contributed by atoms with Crippen LogP contribution in [-0.2, 0) is 12.8 Å². The van der Waals surface area contributed by atoms with Crippen molar-refractivity contribution >= 4 is 39.5 Å². The molecule has 0 aliphatic heterocycles. The Morgan fingerprint density at radius 1 is 1.32 bits per heavy atom. The number of carbonyl (C=O) groups excluding carboxylic acids is 2. The highest BCUT2D eigenvalue weighted by Crippen LogP contribution is 2.39. The molecule has 2 aromatic heterocycles. The summed E-state index contributed by atoms with van der Waals surface area (Å²) in [4.78, 5) is 26.4. The maximum Gasteiger partial charge on any atom is 0.266 e. The number of hydrogen-bond acceptors (Lipinski definition) is 4. The van der Waals surface area contributed by atoms with Crippen LogP contribution in [0.2, 0.25) is 0 Å². The lowest BCUT2D eigenvalue weighted by molar-refractivity contribution is 0.0963. The van der Waals surface area contributed by atoms with Crippen LogP contribution < -0.4 is 10.6 Å². The summed E-state index contributed by atoms with van der Waals surface area (Å²) in [5, 5.41) is 8.17. The molecule has 1 aliphatic rings. The molecule has 2 amide bonds. The number of anilines is 1. The minimum atomic E-state index is -0.146. The van der Waals surface area contributed by atoms with Crippen molar-refractivity contribution in [2.75, 3.05) is 12.4 Å². The standard InChI is InChI=1S/C16H18N2O2S2/c1-9-5-6-10-12(8-9)22-16(13(10)15(20)17-2)18-14(19)11-4-3-7-21-11/h3-4,7,9H,5-6,8H2,1-2H3,(H,17,20)(H,18,19)/t9-/m0/s1. The zero-order valence-corrected chi connectivity index (χ0v) is 14.2. The lowest BCUT2D eigenvalue weighted by Crippen LogP contribution is -2.22. The van der Waals surface area contributed by atoms with E-state index in [1.54, 1.807) is 24.5 Å². The molecular weight excluding hydrogens is 316 g/mol. The van der Waals surface area contributed by atoms with E-state index < -0.39 is 0 Å². The molecule has 0 spiro atoms. The molecule has 2 heterocycles. The quantitative estimate of drug-likeness (QED) is 0.902. The fraction of sp³-hybridized carbons (Fsp3) is 0.375. The Labute approximate surface area is 137 Å². The predicted octanol–water partition coefficient (Wildman–Crippen LogP) is 3.55. The third kappa shape index (κ3) is 2.80. The molecule has 22 heavy (non-hydrogen) atoms. The number of nitrogens with one attached hydrogen (secondary N) is 2. The number of hydrogen-bond donors (Lipinski definition) is 2. The summed E-state index contributed by atoms with van der Waals surface area (Å²) in [7, 11) is 1.63. The summed E-state index contributed by atoms with van der Waals surface area (Å²) in [5.74, 6) is 0.366. The summed E-state index contributed by atoms with van der Waals surface area (Å²) >= 11 is 2.94. The van der Waals surface area contributed by atoms with Gasteiger partial charge in [-0.1, -0.05) is 13.0 Å². The van der Waals surface area contributed by atoms with Crippen LogP contribution >= 0.6 is 22.7 Å². The van der Waals surface area contributed by atoms with E-state index in [9.17, 15) is 9.59 Å². The van der Waals surface area contributed by atoms with Crippen molar-refractivity contribution in [1.82, 2.24) is 5.32 Å². The van der Waals surface area contributed by atoms with Crippen LogP contribution in [0.25, 0.3) is 0 Å². The average molecular weight is 334 g/mol. The second-order valence-corrected chi connectivity index (χ2v) is 7.62. The fourth-order valence-corrected chi connectivity index (χ4v) is 4.80. The van der Waals surface area contributed by atoms with E-state index in [0.717, 1.165) is 24.8 Å². The van der Waals surface area contributed by atoms with E-state index in [0.29, 0.717) is 21.4 Å². The van der Waals surface area contributed by atoms with Gasteiger partial charge in [-0.25, -0.2) is 0 Å². The van der Waals surface area contributed by atoms with E-state index in [4.69, 9.17) is 0 Å². The molecule has 1 atom stereocenters. The summed E-state index contributed by atoms with van der Waals surface area (Å²) < 4.78 is 0. The van der Waals surface area contributed by atoms with E-state index >= 15 is 0 Å². The van der Waals surface area contributed by atoms with Gasteiger partial charge in [0, 0.05) is 11.9 Å². The molecule has 6 heteroatoms. The molecule has 2 aromatic rings. The lowest BCUT2D eigenvalue weighted by Gasteiger charge is -2.18. The van der Waals surface area contributed by atoms with Crippen molar-refractivity contribution < 1.29 is 9.59 Å². The topological polar surface area (TPSA) is 58.2 Å². The molecule has 0 unspecified atom stereocenters. The van der Waals surface area contributed by atoms with Gasteiger partial charge in [0.2, 0.25) is 0 Å². The minimum Gasteiger partial charge on any atom is -0.355 e. The van der Waals surface area contributed by atoms with Crippen LogP contribution in [0.3, 0.4) is 0 Å². The summed E-state index contributed by atoms with van der Waals surface area (Å²) in [6.45, 7) is 2.23. The SMILES string of the molecule is CNC(=O)c1c(NC(=O)c2cccs2)sc2c1CC[C@H](C)C2. The van der Waals surface area contributed by atoms with E-state index in [1.165, 1.54) is 16.2 Å². The highest BCUT2D eigenvalue weighted by atomic mass is 32.1. The maximum absolute atomic E-state index is 12.3. The molecule has 3 rings (SSSR count). The Balaban J connectivity index is 1.96. The molecule has 116 valence electrons. The zero-order valence-electron chi connectivity index (χ0n) is 12.6. The van der Waals surface area contributed by atoms with Gasteiger partial charge in [0.15, 0.2) is 0 Å². The Morgan fingerprint density at radius 2 is 2.14 bits per heavy atom. The summed E-state index contributed by atoms with van der Waals surface area (Å²) in [6, 6.07) is 3.63.